The number of pyridine rings is 1. The largest absolute Gasteiger partial charge is 0.384 e. The van der Waals surface area contributed by atoms with E-state index < -0.39 is 5.41 Å². The minimum Gasteiger partial charge on any atom is -0.384 e. The second-order valence-corrected chi connectivity index (χ2v) is 6.12. The Bertz CT molecular complexity index is 660. The highest BCUT2D eigenvalue weighted by Gasteiger charge is 2.39. The Labute approximate surface area is 141 Å². The molecule has 1 saturated heterocycles. The van der Waals surface area contributed by atoms with Gasteiger partial charge in [0.25, 0.3) is 0 Å². The van der Waals surface area contributed by atoms with Crippen LogP contribution >= 0.6 is 0 Å². The van der Waals surface area contributed by atoms with Crippen molar-refractivity contribution in [1.82, 2.24) is 25.4 Å². The van der Waals surface area contributed by atoms with E-state index in [1.54, 1.807) is 24.2 Å². The van der Waals surface area contributed by atoms with Crippen molar-refractivity contribution in [3.05, 3.63) is 42.4 Å². The molecule has 0 spiro atoms. The molecule has 3 heterocycles. The summed E-state index contributed by atoms with van der Waals surface area (Å²) >= 11 is 0. The van der Waals surface area contributed by atoms with Gasteiger partial charge in [-0.3, -0.25) is 4.79 Å². The van der Waals surface area contributed by atoms with Crippen molar-refractivity contribution in [1.29, 1.82) is 0 Å². The summed E-state index contributed by atoms with van der Waals surface area (Å²) in [7, 11) is 1.65. The standard InChI is InChI=1S/C17H23N5O2/c1-24-13-17(4-8-18-9-5-17)16(23)20-12-14-3-7-19-15(11-14)22-10-2-6-21-22/h2-3,6-7,10-11,18H,4-5,8-9,12-13H2,1H3,(H,20,23). The summed E-state index contributed by atoms with van der Waals surface area (Å²) in [6.45, 7) is 2.61. The molecule has 24 heavy (non-hydrogen) atoms. The molecule has 128 valence electrons. The number of aromatic nitrogens is 3. The van der Waals surface area contributed by atoms with Crippen LogP contribution in [0.4, 0.5) is 0 Å². The smallest absolute Gasteiger partial charge is 0.228 e. The van der Waals surface area contributed by atoms with Crippen LogP contribution in [0.5, 0.6) is 0 Å². The zero-order valence-electron chi connectivity index (χ0n) is 13.9. The first-order chi connectivity index (χ1) is 11.7. The molecule has 0 aliphatic carbocycles. The van der Waals surface area contributed by atoms with Gasteiger partial charge in [-0.15, -0.1) is 0 Å². The lowest BCUT2D eigenvalue weighted by Crippen LogP contribution is -2.49. The van der Waals surface area contributed by atoms with Gasteiger partial charge >= 0.3 is 0 Å². The number of nitrogens with one attached hydrogen (secondary N) is 2. The molecule has 0 atom stereocenters. The maximum absolute atomic E-state index is 12.7. The lowest BCUT2D eigenvalue weighted by Gasteiger charge is -2.35. The first-order valence-corrected chi connectivity index (χ1v) is 8.16. The average Bonchev–Trinajstić information content (AvgIpc) is 3.16. The van der Waals surface area contributed by atoms with Crippen LogP contribution in [-0.4, -0.2) is 47.5 Å². The average molecular weight is 329 g/mol. The molecule has 0 radical (unpaired) electrons. The number of piperidine rings is 1. The fourth-order valence-electron chi connectivity index (χ4n) is 3.09. The third kappa shape index (κ3) is 3.63. The van der Waals surface area contributed by atoms with Gasteiger partial charge in [-0.2, -0.15) is 5.10 Å². The highest BCUT2D eigenvalue weighted by Crippen LogP contribution is 2.29. The van der Waals surface area contributed by atoms with Crippen molar-refractivity contribution in [2.24, 2.45) is 5.41 Å². The summed E-state index contributed by atoms with van der Waals surface area (Å²) in [5, 5.41) is 10.5. The highest BCUT2D eigenvalue weighted by atomic mass is 16.5. The highest BCUT2D eigenvalue weighted by molar-refractivity contribution is 5.83. The lowest BCUT2D eigenvalue weighted by atomic mass is 9.78. The molecule has 1 aliphatic rings. The molecule has 0 unspecified atom stereocenters. The zero-order chi connectivity index (χ0) is 16.8. The van der Waals surface area contributed by atoms with E-state index >= 15 is 0 Å². The summed E-state index contributed by atoms with van der Waals surface area (Å²) in [5.41, 5.74) is 0.558. The zero-order valence-corrected chi connectivity index (χ0v) is 13.9. The van der Waals surface area contributed by atoms with Gasteiger partial charge < -0.3 is 15.4 Å². The normalized spacial score (nSPS) is 16.7. The fourth-order valence-corrected chi connectivity index (χ4v) is 3.09. The lowest BCUT2D eigenvalue weighted by molar-refractivity contribution is -0.136. The van der Waals surface area contributed by atoms with Gasteiger partial charge in [-0.1, -0.05) is 0 Å². The molecule has 2 aromatic heterocycles. The van der Waals surface area contributed by atoms with E-state index in [0.29, 0.717) is 13.2 Å². The third-order valence-corrected chi connectivity index (χ3v) is 4.47. The maximum atomic E-state index is 12.7. The van der Waals surface area contributed by atoms with Crippen LogP contribution in [0, 0.1) is 5.41 Å². The number of carbonyl (C=O) groups excluding carboxylic acids is 1. The predicted molar refractivity (Wildman–Crippen MR) is 89.6 cm³/mol. The molecule has 3 rings (SSSR count). The first kappa shape index (κ1) is 16.6. The predicted octanol–water partition coefficient (Wildman–Crippen LogP) is 0.900. The second-order valence-electron chi connectivity index (χ2n) is 6.12. The molecule has 1 amide bonds. The molecular weight excluding hydrogens is 306 g/mol. The van der Waals surface area contributed by atoms with Crippen molar-refractivity contribution in [2.45, 2.75) is 19.4 Å². The SMILES string of the molecule is COCC1(C(=O)NCc2ccnc(-n3cccn3)c2)CCNCC1. The summed E-state index contributed by atoms with van der Waals surface area (Å²) in [4.78, 5) is 17.0. The molecule has 0 saturated carbocycles. The van der Waals surface area contributed by atoms with E-state index in [0.717, 1.165) is 37.3 Å². The topological polar surface area (TPSA) is 81.1 Å². The summed E-state index contributed by atoms with van der Waals surface area (Å²) < 4.78 is 7.01. The van der Waals surface area contributed by atoms with Crippen molar-refractivity contribution >= 4 is 5.91 Å². The number of hydrogen-bond acceptors (Lipinski definition) is 5. The quantitative estimate of drug-likeness (QED) is 0.823. The monoisotopic (exact) mass is 329 g/mol. The second kappa shape index (κ2) is 7.55. The van der Waals surface area contributed by atoms with E-state index in [9.17, 15) is 4.79 Å². The van der Waals surface area contributed by atoms with Crippen LogP contribution in [-0.2, 0) is 16.1 Å². The van der Waals surface area contributed by atoms with Crippen molar-refractivity contribution in [3.63, 3.8) is 0 Å². The van der Waals surface area contributed by atoms with E-state index in [4.69, 9.17) is 4.74 Å². The number of carbonyl (C=O) groups is 1. The van der Waals surface area contributed by atoms with Crippen LogP contribution in [0.25, 0.3) is 5.82 Å². The number of rotatable bonds is 6. The maximum Gasteiger partial charge on any atom is 0.228 e. The Morgan fingerprint density at radius 3 is 2.96 bits per heavy atom. The van der Waals surface area contributed by atoms with E-state index in [1.165, 1.54) is 0 Å². The van der Waals surface area contributed by atoms with Gasteiger partial charge in [-0.25, -0.2) is 9.67 Å². The van der Waals surface area contributed by atoms with Crippen LogP contribution in [0.15, 0.2) is 36.8 Å². The van der Waals surface area contributed by atoms with Gasteiger partial charge in [0.2, 0.25) is 5.91 Å². The molecule has 2 N–H and O–H groups in total. The van der Waals surface area contributed by atoms with Crippen LogP contribution in [0.1, 0.15) is 18.4 Å². The molecule has 7 heteroatoms. The molecule has 0 bridgehead atoms. The number of amides is 1. The number of ether oxygens (including phenoxy) is 1. The molecule has 2 aromatic rings. The molecule has 0 aromatic carbocycles. The number of hydrogen-bond donors (Lipinski definition) is 2. The van der Waals surface area contributed by atoms with Crippen LogP contribution in [0.3, 0.4) is 0 Å². The minimum atomic E-state index is -0.433. The van der Waals surface area contributed by atoms with Crippen molar-refractivity contribution < 1.29 is 9.53 Å². The summed E-state index contributed by atoms with van der Waals surface area (Å²) in [6.07, 6.45) is 6.87. The Morgan fingerprint density at radius 2 is 2.25 bits per heavy atom. The van der Waals surface area contributed by atoms with Gasteiger partial charge in [-0.05, 0) is 49.7 Å². The molecule has 1 aliphatic heterocycles. The Hall–Kier alpha value is -2.25. The molecular formula is C17H23N5O2. The Morgan fingerprint density at radius 1 is 1.42 bits per heavy atom. The fraction of sp³-hybridized carbons (Fsp3) is 0.471. The first-order valence-electron chi connectivity index (χ1n) is 8.16. The Kier molecular flexibility index (Phi) is 5.22. The number of nitrogens with zero attached hydrogens (tertiary/aromatic N) is 3. The van der Waals surface area contributed by atoms with E-state index in [1.807, 2.05) is 24.4 Å². The van der Waals surface area contributed by atoms with E-state index in [2.05, 4.69) is 20.7 Å². The van der Waals surface area contributed by atoms with Gasteiger partial charge in [0.1, 0.15) is 0 Å². The van der Waals surface area contributed by atoms with E-state index in [-0.39, 0.29) is 5.91 Å². The van der Waals surface area contributed by atoms with Crippen molar-refractivity contribution in [2.75, 3.05) is 26.8 Å². The molecule has 7 nitrogen and oxygen atoms in total. The van der Waals surface area contributed by atoms with Crippen LogP contribution in [0.2, 0.25) is 0 Å². The van der Waals surface area contributed by atoms with Gasteiger partial charge in [0.05, 0.1) is 12.0 Å². The third-order valence-electron chi connectivity index (χ3n) is 4.47. The summed E-state index contributed by atoms with van der Waals surface area (Å²) in [5.74, 6) is 0.795. The van der Waals surface area contributed by atoms with Gasteiger partial charge in [0.15, 0.2) is 5.82 Å². The molecule has 1 fully saturated rings. The van der Waals surface area contributed by atoms with Crippen LogP contribution < -0.4 is 10.6 Å². The number of methoxy groups -OCH3 is 1. The Balaban J connectivity index is 1.66. The minimum absolute atomic E-state index is 0.0586. The summed E-state index contributed by atoms with van der Waals surface area (Å²) in [6, 6.07) is 5.68. The van der Waals surface area contributed by atoms with Crippen molar-refractivity contribution in [3.8, 4) is 5.82 Å². The van der Waals surface area contributed by atoms with Gasteiger partial charge in [0, 0.05) is 32.2 Å².